The molecule has 0 amide bonds. The first-order valence-electron chi connectivity index (χ1n) is 6.13. The van der Waals surface area contributed by atoms with Crippen molar-refractivity contribution in [3.63, 3.8) is 0 Å². The Bertz CT molecular complexity index is 666. The van der Waals surface area contributed by atoms with Crippen LogP contribution in [0, 0.1) is 11.6 Å². The van der Waals surface area contributed by atoms with Gasteiger partial charge in [-0.05, 0) is 46.7 Å². The van der Waals surface area contributed by atoms with Crippen LogP contribution in [-0.4, -0.2) is 14.2 Å². The summed E-state index contributed by atoms with van der Waals surface area (Å²) in [6, 6.07) is 7.25. The molecule has 21 heavy (non-hydrogen) atoms. The maximum absolute atomic E-state index is 14.3. The molecule has 0 heterocycles. The molecule has 0 bridgehead atoms. The highest BCUT2D eigenvalue weighted by atomic mass is 79.9. The summed E-state index contributed by atoms with van der Waals surface area (Å²) in [5.74, 6) is -0.900. The van der Waals surface area contributed by atoms with E-state index in [-0.39, 0.29) is 10.8 Å². The third-order valence-corrected chi connectivity index (χ3v) is 4.43. The van der Waals surface area contributed by atoms with E-state index in [0.29, 0.717) is 15.6 Å². The molecule has 0 radical (unpaired) electrons. The van der Waals surface area contributed by atoms with Crippen LogP contribution in [0.1, 0.15) is 17.2 Å². The van der Waals surface area contributed by atoms with E-state index in [2.05, 4.69) is 21.2 Å². The average Bonchev–Trinajstić information content (AvgIpc) is 2.48. The number of methoxy groups -OCH3 is 1. The molecule has 0 saturated carbocycles. The normalized spacial score (nSPS) is 12.3. The average molecular weight is 377 g/mol. The topological polar surface area (TPSA) is 21.3 Å². The second-order valence-electron chi connectivity index (χ2n) is 4.38. The van der Waals surface area contributed by atoms with Crippen LogP contribution < -0.4 is 10.1 Å². The molecule has 2 rings (SSSR count). The van der Waals surface area contributed by atoms with Crippen molar-refractivity contribution in [1.82, 2.24) is 5.32 Å². The molecular formula is C15H13BrClF2NO. The van der Waals surface area contributed by atoms with Crippen LogP contribution in [0.25, 0.3) is 0 Å². The van der Waals surface area contributed by atoms with Crippen molar-refractivity contribution in [2.45, 2.75) is 6.04 Å². The molecule has 0 aliphatic rings. The van der Waals surface area contributed by atoms with E-state index in [1.807, 2.05) is 0 Å². The first-order chi connectivity index (χ1) is 9.99. The first kappa shape index (κ1) is 16.2. The predicted molar refractivity (Wildman–Crippen MR) is 83.0 cm³/mol. The van der Waals surface area contributed by atoms with Crippen LogP contribution in [-0.2, 0) is 0 Å². The lowest BCUT2D eigenvalue weighted by Crippen LogP contribution is -2.19. The molecule has 0 aliphatic carbocycles. The summed E-state index contributed by atoms with van der Waals surface area (Å²) in [6.45, 7) is 0. The van der Waals surface area contributed by atoms with E-state index in [1.54, 1.807) is 25.2 Å². The first-order valence-corrected chi connectivity index (χ1v) is 7.30. The summed E-state index contributed by atoms with van der Waals surface area (Å²) in [5, 5.41) is 2.97. The number of nitrogens with one attached hydrogen (secondary N) is 1. The molecule has 112 valence electrons. The number of hydrogen-bond acceptors (Lipinski definition) is 2. The molecule has 1 atom stereocenters. The number of benzene rings is 2. The minimum Gasteiger partial charge on any atom is -0.494 e. The Hall–Kier alpha value is -1.17. The summed E-state index contributed by atoms with van der Waals surface area (Å²) in [5.41, 5.74) is 0.920. The largest absolute Gasteiger partial charge is 0.494 e. The molecule has 1 N–H and O–H groups in total. The second kappa shape index (κ2) is 6.73. The quantitative estimate of drug-likeness (QED) is 0.781. The van der Waals surface area contributed by atoms with Crippen molar-refractivity contribution in [2.24, 2.45) is 0 Å². The van der Waals surface area contributed by atoms with Crippen LogP contribution in [0.2, 0.25) is 5.02 Å². The van der Waals surface area contributed by atoms with Crippen LogP contribution in [0.15, 0.2) is 34.8 Å². The van der Waals surface area contributed by atoms with Gasteiger partial charge in [-0.1, -0.05) is 23.7 Å². The fourth-order valence-corrected chi connectivity index (χ4v) is 2.61. The van der Waals surface area contributed by atoms with E-state index in [0.717, 1.165) is 0 Å². The van der Waals surface area contributed by atoms with Gasteiger partial charge in [-0.2, -0.15) is 0 Å². The molecule has 2 nitrogen and oxygen atoms in total. The number of rotatable bonds is 4. The standard InChI is InChI=1S/C15H13BrClF2NO/c1-20-15(8-3-6-12(21-2)11(18)7-8)9-4-5-10(16)13(17)14(9)19/h3-7,15,20H,1-2H3. The lowest BCUT2D eigenvalue weighted by Gasteiger charge is -2.19. The molecule has 0 aliphatic heterocycles. The summed E-state index contributed by atoms with van der Waals surface area (Å²) in [7, 11) is 3.06. The highest BCUT2D eigenvalue weighted by Gasteiger charge is 2.20. The van der Waals surface area contributed by atoms with Gasteiger partial charge >= 0.3 is 0 Å². The summed E-state index contributed by atoms with van der Waals surface area (Å²) in [4.78, 5) is 0. The Morgan fingerprint density at radius 3 is 2.52 bits per heavy atom. The molecule has 2 aromatic rings. The van der Waals surface area contributed by atoms with Crippen molar-refractivity contribution in [1.29, 1.82) is 0 Å². The fourth-order valence-electron chi connectivity index (χ4n) is 2.13. The molecule has 1 unspecified atom stereocenters. The van der Waals surface area contributed by atoms with E-state index < -0.39 is 17.7 Å². The van der Waals surface area contributed by atoms with Gasteiger partial charge in [-0.25, -0.2) is 8.78 Å². The van der Waals surface area contributed by atoms with Gasteiger partial charge in [0, 0.05) is 10.0 Å². The summed E-state index contributed by atoms with van der Waals surface area (Å²) < 4.78 is 33.5. The monoisotopic (exact) mass is 375 g/mol. The van der Waals surface area contributed by atoms with Gasteiger partial charge < -0.3 is 10.1 Å². The zero-order valence-corrected chi connectivity index (χ0v) is 13.7. The van der Waals surface area contributed by atoms with Crippen molar-refractivity contribution in [3.8, 4) is 5.75 Å². The van der Waals surface area contributed by atoms with Crippen LogP contribution in [0.4, 0.5) is 8.78 Å². The molecule has 0 spiro atoms. The Labute approximate surface area is 135 Å². The van der Waals surface area contributed by atoms with Gasteiger partial charge in [-0.15, -0.1) is 0 Å². The van der Waals surface area contributed by atoms with Crippen molar-refractivity contribution >= 4 is 27.5 Å². The molecule has 6 heteroatoms. The Kier molecular flexibility index (Phi) is 5.19. The molecule has 2 aromatic carbocycles. The summed E-state index contributed by atoms with van der Waals surface area (Å²) >= 11 is 9.08. The zero-order chi connectivity index (χ0) is 15.6. The fraction of sp³-hybridized carbons (Fsp3) is 0.200. The van der Waals surface area contributed by atoms with Crippen molar-refractivity contribution < 1.29 is 13.5 Å². The number of ether oxygens (including phenoxy) is 1. The SMILES string of the molecule is CNC(c1ccc(OC)c(F)c1)c1ccc(Br)c(Cl)c1F. The molecular weight excluding hydrogens is 364 g/mol. The number of hydrogen-bond donors (Lipinski definition) is 1. The van der Waals surface area contributed by atoms with Crippen molar-refractivity contribution in [3.05, 3.63) is 62.6 Å². The minimum atomic E-state index is -0.540. The zero-order valence-electron chi connectivity index (χ0n) is 11.4. The van der Waals surface area contributed by atoms with Gasteiger partial charge in [0.1, 0.15) is 5.82 Å². The van der Waals surface area contributed by atoms with Crippen LogP contribution in [0.3, 0.4) is 0 Å². The highest BCUT2D eigenvalue weighted by molar-refractivity contribution is 9.10. The van der Waals surface area contributed by atoms with Gasteiger partial charge in [0.2, 0.25) is 0 Å². The van der Waals surface area contributed by atoms with E-state index in [9.17, 15) is 8.78 Å². The Balaban J connectivity index is 2.50. The minimum absolute atomic E-state index is 0.00161. The molecule has 0 fully saturated rings. The summed E-state index contributed by atoms with van der Waals surface area (Å²) in [6.07, 6.45) is 0. The molecule has 0 aromatic heterocycles. The lowest BCUT2D eigenvalue weighted by atomic mass is 9.98. The van der Waals surface area contributed by atoms with Crippen LogP contribution in [0.5, 0.6) is 5.75 Å². The van der Waals surface area contributed by atoms with Crippen molar-refractivity contribution in [2.75, 3.05) is 14.2 Å². The predicted octanol–water partition coefficient (Wildman–Crippen LogP) is 4.70. The van der Waals surface area contributed by atoms with E-state index in [4.69, 9.17) is 16.3 Å². The van der Waals surface area contributed by atoms with Crippen LogP contribution >= 0.6 is 27.5 Å². The van der Waals surface area contributed by atoms with E-state index >= 15 is 0 Å². The van der Waals surface area contributed by atoms with Gasteiger partial charge in [0.05, 0.1) is 18.2 Å². The maximum Gasteiger partial charge on any atom is 0.165 e. The number of halogens is 4. The Morgan fingerprint density at radius 1 is 1.24 bits per heavy atom. The third-order valence-electron chi connectivity index (χ3n) is 3.17. The lowest BCUT2D eigenvalue weighted by molar-refractivity contribution is 0.386. The highest BCUT2D eigenvalue weighted by Crippen LogP contribution is 2.33. The maximum atomic E-state index is 14.3. The van der Waals surface area contributed by atoms with Gasteiger partial charge in [-0.3, -0.25) is 0 Å². The smallest absolute Gasteiger partial charge is 0.165 e. The third kappa shape index (κ3) is 3.20. The van der Waals surface area contributed by atoms with Gasteiger partial charge in [0.25, 0.3) is 0 Å². The van der Waals surface area contributed by atoms with E-state index in [1.165, 1.54) is 19.2 Å². The Morgan fingerprint density at radius 2 is 1.95 bits per heavy atom. The van der Waals surface area contributed by atoms with Gasteiger partial charge in [0.15, 0.2) is 11.6 Å². The molecule has 0 saturated heterocycles. The second-order valence-corrected chi connectivity index (χ2v) is 5.61.